The summed E-state index contributed by atoms with van der Waals surface area (Å²) in [4.78, 5) is 16.9. The van der Waals surface area contributed by atoms with E-state index in [-0.39, 0.29) is 6.42 Å². The largest absolute Gasteiger partial charge is 0.481 e. The zero-order valence-electron chi connectivity index (χ0n) is 10.3. The molecular weight excluding hydrogens is 228 g/mol. The van der Waals surface area contributed by atoms with E-state index in [0.717, 1.165) is 17.4 Å². The van der Waals surface area contributed by atoms with Crippen molar-refractivity contribution in [3.8, 4) is 0 Å². The molecule has 0 unspecified atom stereocenters. The first-order chi connectivity index (χ1) is 8.66. The fraction of sp³-hybridized carbons (Fsp3) is 0.286. The molecule has 1 aromatic heterocycles. The molecule has 0 saturated carbocycles. The fourth-order valence-corrected chi connectivity index (χ4v) is 1.95. The molecule has 0 saturated heterocycles. The van der Waals surface area contributed by atoms with E-state index in [0.29, 0.717) is 6.54 Å². The number of benzene rings is 1. The Kier molecular flexibility index (Phi) is 3.89. The summed E-state index contributed by atoms with van der Waals surface area (Å²) >= 11 is 0. The van der Waals surface area contributed by atoms with E-state index in [4.69, 9.17) is 5.11 Å². The minimum absolute atomic E-state index is 0.166. The zero-order chi connectivity index (χ0) is 13.0. The third-order valence-corrected chi connectivity index (χ3v) is 2.89. The zero-order valence-corrected chi connectivity index (χ0v) is 10.3. The lowest BCUT2D eigenvalue weighted by atomic mass is 10.1. The number of rotatable bonds is 5. The molecule has 0 amide bonds. The van der Waals surface area contributed by atoms with Crippen LogP contribution in [0.5, 0.6) is 0 Å². The van der Waals surface area contributed by atoms with Crippen molar-refractivity contribution in [2.24, 2.45) is 0 Å². The van der Waals surface area contributed by atoms with Crippen molar-refractivity contribution in [3.63, 3.8) is 0 Å². The van der Waals surface area contributed by atoms with Crippen molar-refractivity contribution in [1.82, 2.24) is 9.88 Å². The number of aromatic nitrogens is 1. The third kappa shape index (κ3) is 3.05. The first kappa shape index (κ1) is 12.5. The Morgan fingerprint density at radius 1 is 1.33 bits per heavy atom. The Labute approximate surface area is 106 Å². The molecule has 0 aliphatic rings. The second kappa shape index (κ2) is 5.60. The topological polar surface area (TPSA) is 53.4 Å². The highest BCUT2D eigenvalue weighted by Crippen LogP contribution is 2.17. The summed E-state index contributed by atoms with van der Waals surface area (Å²) in [5.41, 5.74) is 2.15. The molecule has 4 nitrogen and oxygen atoms in total. The molecule has 4 heteroatoms. The molecule has 1 aromatic carbocycles. The smallest absolute Gasteiger partial charge is 0.304 e. The third-order valence-electron chi connectivity index (χ3n) is 2.89. The van der Waals surface area contributed by atoms with Crippen molar-refractivity contribution < 1.29 is 9.90 Å². The van der Waals surface area contributed by atoms with Crippen LogP contribution >= 0.6 is 0 Å². The van der Waals surface area contributed by atoms with Crippen LogP contribution in [0.4, 0.5) is 0 Å². The molecule has 1 N–H and O–H groups in total. The van der Waals surface area contributed by atoms with Gasteiger partial charge in [-0.25, -0.2) is 0 Å². The number of hydrogen-bond acceptors (Lipinski definition) is 3. The predicted octanol–water partition coefficient (Wildman–Crippen LogP) is 2.14. The maximum Gasteiger partial charge on any atom is 0.304 e. The summed E-state index contributed by atoms with van der Waals surface area (Å²) in [6.45, 7) is 1.28. The van der Waals surface area contributed by atoms with Crippen LogP contribution in [0.3, 0.4) is 0 Å². The second-order valence-electron chi connectivity index (χ2n) is 4.37. The van der Waals surface area contributed by atoms with Gasteiger partial charge in [-0.05, 0) is 24.7 Å². The molecule has 0 aliphatic carbocycles. The molecule has 0 radical (unpaired) electrons. The first-order valence-corrected chi connectivity index (χ1v) is 5.90. The highest BCUT2D eigenvalue weighted by molar-refractivity contribution is 5.81. The highest BCUT2D eigenvalue weighted by atomic mass is 16.4. The maximum absolute atomic E-state index is 10.5. The van der Waals surface area contributed by atoms with Gasteiger partial charge in [-0.15, -0.1) is 0 Å². The van der Waals surface area contributed by atoms with E-state index < -0.39 is 5.97 Å². The van der Waals surface area contributed by atoms with Crippen LogP contribution < -0.4 is 0 Å². The fourth-order valence-electron chi connectivity index (χ4n) is 1.95. The van der Waals surface area contributed by atoms with Crippen LogP contribution in [0.25, 0.3) is 10.9 Å². The molecule has 18 heavy (non-hydrogen) atoms. The van der Waals surface area contributed by atoms with Gasteiger partial charge in [0, 0.05) is 24.7 Å². The number of carbonyl (C=O) groups is 1. The van der Waals surface area contributed by atoms with E-state index in [9.17, 15) is 4.79 Å². The SMILES string of the molecule is CN(CCC(=O)O)Cc1ccnc2ccccc12. The molecule has 0 spiro atoms. The summed E-state index contributed by atoms with van der Waals surface area (Å²) in [5.74, 6) is -0.763. The van der Waals surface area contributed by atoms with Crippen LogP contribution in [-0.2, 0) is 11.3 Å². The highest BCUT2D eigenvalue weighted by Gasteiger charge is 2.06. The lowest BCUT2D eigenvalue weighted by molar-refractivity contribution is -0.137. The van der Waals surface area contributed by atoms with Gasteiger partial charge in [-0.1, -0.05) is 18.2 Å². The van der Waals surface area contributed by atoms with Gasteiger partial charge in [0.25, 0.3) is 0 Å². The van der Waals surface area contributed by atoms with E-state index in [1.807, 2.05) is 42.3 Å². The number of aliphatic carboxylic acids is 1. The van der Waals surface area contributed by atoms with Gasteiger partial charge in [0.05, 0.1) is 11.9 Å². The van der Waals surface area contributed by atoms with Gasteiger partial charge in [-0.2, -0.15) is 0 Å². The van der Waals surface area contributed by atoms with Crippen molar-refractivity contribution in [1.29, 1.82) is 0 Å². The summed E-state index contributed by atoms with van der Waals surface area (Å²) < 4.78 is 0. The Balaban J connectivity index is 2.14. The van der Waals surface area contributed by atoms with Crippen molar-refractivity contribution in [2.45, 2.75) is 13.0 Å². The van der Waals surface area contributed by atoms with Crippen LogP contribution in [0.2, 0.25) is 0 Å². The van der Waals surface area contributed by atoms with Crippen molar-refractivity contribution in [3.05, 3.63) is 42.1 Å². The van der Waals surface area contributed by atoms with E-state index >= 15 is 0 Å². The Bertz CT molecular complexity index is 549. The molecule has 2 rings (SSSR count). The molecule has 94 valence electrons. The number of nitrogens with zero attached hydrogens (tertiary/aromatic N) is 2. The number of para-hydroxylation sites is 1. The molecular formula is C14H16N2O2. The Morgan fingerprint density at radius 3 is 2.89 bits per heavy atom. The summed E-state index contributed by atoms with van der Waals surface area (Å²) in [6, 6.07) is 9.97. The first-order valence-electron chi connectivity index (χ1n) is 5.90. The number of fused-ring (bicyclic) bond motifs is 1. The molecule has 0 fully saturated rings. The molecule has 0 aliphatic heterocycles. The second-order valence-corrected chi connectivity index (χ2v) is 4.37. The van der Waals surface area contributed by atoms with E-state index in [1.54, 1.807) is 6.20 Å². The quantitative estimate of drug-likeness (QED) is 0.875. The minimum Gasteiger partial charge on any atom is -0.481 e. The van der Waals surface area contributed by atoms with Gasteiger partial charge in [-0.3, -0.25) is 9.78 Å². The summed E-state index contributed by atoms with van der Waals surface area (Å²) in [5, 5.41) is 9.79. The lowest BCUT2D eigenvalue weighted by Gasteiger charge is -2.16. The van der Waals surface area contributed by atoms with Crippen LogP contribution in [-0.4, -0.2) is 34.6 Å². The lowest BCUT2D eigenvalue weighted by Crippen LogP contribution is -2.21. The standard InChI is InChI=1S/C14H16N2O2/c1-16(9-7-14(17)18)10-11-6-8-15-13-5-3-2-4-12(11)13/h2-6,8H,7,9-10H2,1H3,(H,17,18). The molecule has 0 bridgehead atoms. The molecule has 0 atom stereocenters. The normalized spacial score (nSPS) is 11.0. The number of carboxylic acid groups (broad SMARTS) is 1. The van der Waals surface area contributed by atoms with Crippen LogP contribution in [0.15, 0.2) is 36.5 Å². The van der Waals surface area contributed by atoms with Gasteiger partial charge in [0.15, 0.2) is 0 Å². The van der Waals surface area contributed by atoms with E-state index in [1.165, 1.54) is 5.56 Å². The number of pyridine rings is 1. The summed E-state index contributed by atoms with van der Waals surface area (Å²) in [6.07, 6.45) is 1.96. The minimum atomic E-state index is -0.763. The monoisotopic (exact) mass is 244 g/mol. The van der Waals surface area contributed by atoms with Gasteiger partial charge >= 0.3 is 5.97 Å². The van der Waals surface area contributed by atoms with Gasteiger partial charge in [0.1, 0.15) is 0 Å². The van der Waals surface area contributed by atoms with Gasteiger partial charge < -0.3 is 10.0 Å². The van der Waals surface area contributed by atoms with Gasteiger partial charge in [0.2, 0.25) is 0 Å². The number of hydrogen-bond donors (Lipinski definition) is 1. The predicted molar refractivity (Wildman–Crippen MR) is 70.3 cm³/mol. The van der Waals surface area contributed by atoms with Crippen LogP contribution in [0, 0.1) is 0 Å². The van der Waals surface area contributed by atoms with E-state index in [2.05, 4.69) is 4.98 Å². The Hall–Kier alpha value is -1.94. The van der Waals surface area contributed by atoms with Crippen molar-refractivity contribution >= 4 is 16.9 Å². The molecule has 1 heterocycles. The molecule has 2 aromatic rings. The van der Waals surface area contributed by atoms with Crippen molar-refractivity contribution in [2.75, 3.05) is 13.6 Å². The average Bonchev–Trinajstić information content (AvgIpc) is 2.37. The maximum atomic E-state index is 10.5. The number of carboxylic acids is 1. The van der Waals surface area contributed by atoms with Crippen LogP contribution in [0.1, 0.15) is 12.0 Å². The average molecular weight is 244 g/mol. The Morgan fingerprint density at radius 2 is 2.11 bits per heavy atom. The summed E-state index contributed by atoms with van der Waals surface area (Å²) in [7, 11) is 1.93.